The van der Waals surface area contributed by atoms with E-state index in [0.29, 0.717) is 0 Å². The molecule has 0 radical (unpaired) electrons. The molecule has 4 nitrogen and oxygen atoms in total. The third-order valence-electron chi connectivity index (χ3n) is 1.84. The lowest BCUT2D eigenvalue weighted by atomic mass is 9.95. The quantitative estimate of drug-likeness (QED) is 0.628. The molecule has 0 aliphatic rings. The van der Waals surface area contributed by atoms with E-state index >= 15 is 0 Å². The van der Waals surface area contributed by atoms with Crippen LogP contribution in [0.1, 0.15) is 12.5 Å². The minimum atomic E-state index is -2.05. The van der Waals surface area contributed by atoms with Crippen molar-refractivity contribution in [3.8, 4) is 5.75 Å². The summed E-state index contributed by atoms with van der Waals surface area (Å²) in [6.45, 7) is 1.12. The van der Waals surface area contributed by atoms with Crippen LogP contribution in [0.5, 0.6) is 5.75 Å². The second-order valence-electron chi connectivity index (χ2n) is 2.89. The van der Waals surface area contributed by atoms with E-state index in [1.165, 1.54) is 12.1 Å². The molecular weight excluding hydrogens is 172 g/mol. The predicted octanol–water partition coefficient (Wildman–Crippen LogP) is 0.684. The summed E-state index contributed by atoms with van der Waals surface area (Å²) in [5.41, 5.74) is -2.06. The Morgan fingerprint density at radius 3 is 2.38 bits per heavy atom. The SMILES string of the molecule is CC(O)(C(=O)O)c1ccccc1O. The number of benzene rings is 1. The first-order chi connectivity index (χ1) is 5.96. The van der Waals surface area contributed by atoms with Gasteiger partial charge >= 0.3 is 5.97 Å². The Bertz CT molecular complexity index is 330. The molecule has 0 saturated heterocycles. The lowest BCUT2D eigenvalue weighted by Crippen LogP contribution is -2.31. The monoisotopic (exact) mass is 182 g/mol. The Hall–Kier alpha value is -1.55. The van der Waals surface area contributed by atoms with E-state index in [-0.39, 0.29) is 11.3 Å². The fraction of sp³-hybridized carbons (Fsp3) is 0.222. The fourth-order valence-electron chi connectivity index (χ4n) is 1.00. The van der Waals surface area contributed by atoms with Crippen LogP contribution in [0.25, 0.3) is 0 Å². The number of carboxylic acids is 1. The largest absolute Gasteiger partial charge is 0.508 e. The Morgan fingerprint density at radius 2 is 1.92 bits per heavy atom. The Labute approximate surface area is 75.1 Å². The van der Waals surface area contributed by atoms with Gasteiger partial charge in [-0.05, 0) is 13.0 Å². The molecular formula is C9H10O4. The van der Waals surface area contributed by atoms with E-state index in [4.69, 9.17) is 5.11 Å². The number of carboxylic acid groups (broad SMARTS) is 1. The molecule has 0 saturated carbocycles. The van der Waals surface area contributed by atoms with Crippen molar-refractivity contribution in [1.29, 1.82) is 0 Å². The minimum absolute atomic E-state index is 0.0116. The number of phenols is 1. The summed E-state index contributed by atoms with van der Waals surface area (Å²) in [4.78, 5) is 10.6. The number of aliphatic hydroxyl groups is 1. The highest BCUT2D eigenvalue weighted by Crippen LogP contribution is 2.28. The number of phenolic OH excluding ortho intramolecular Hbond substituents is 1. The first-order valence-electron chi connectivity index (χ1n) is 3.70. The summed E-state index contributed by atoms with van der Waals surface area (Å²) >= 11 is 0. The van der Waals surface area contributed by atoms with Gasteiger partial charge in [0.2, 0.25) is 0 Å². The average Bonchev–Trinajstić information content (AvgIpc) is 2.04. The van der Waals surface area contributed by atoms with Crippen LogP contribution in [0.15, 0.2) is 24.3 Å². The maximum Gasteiger partial charge on any atom is 0.340 e. The lowest BCUT2D eigenvalue weighted by Gasteiger charge is -2.18. The molecule has 0 heterocycles. The van der Waals surface area contributed by atoms with Crippen molar-refractivity contribution in [2.45, 2.75) is 12.5 Å². The van der Waals surface area contributed by atoms with Crippen LogP contribution >= 0.6 is 0 Å². The summed E-state index contributed by atoms with van der Waals surface area (Å²) in [6, 6.07) is 5.79. The normalized spacial score (nSPS) is 14.9. The van der Waals surface area contributed by atoms with Crippen molar-refractivity contribution >= 4 is 5.97 Å². The Kier molecular flexibility index (Phi) is 2.25. The third-order valence-corrected chi connectivity index (χ3v) is 1.84. The molecule has 0 aliphatic carbocycles. The number of hydrogen-bond donors (Lipinski definition) is 3. The summed E-state index contributed by atoms with van der Waals surface area (Å²) in [5.74, 6) is -1.62. The molecule has 1 aromatic carbocycles. The van der Waals surface area contributed by atoms with E-state index < -0.39 is 11.6 Å². The average molecular weight is 182 g/mol. The molecule has 0 amide bonds. The van der Waals surface area contributed by atoms with Crippen LogP contribution in [0, 0.1) is 0 Å². The number of aromatic hydroxyl groups is 1. The zero-order chi connectivity index (χ0) is 10.1. The molecule has 13 heavy (non-hydrogen) atoms. The van der Waals surface area contributed by atoms with Gasteiger partial charge in [-0.25, -0.2) is 4.79 Å². The second-order valence-corrected chi connectivity index (χ2v) is 2.89. The summed E-state index contributed by atoms with van der Waals surface area (Å²) in [6.07, 6.45) is 0. The Balaban J connectivity index is 3.22. The molecule has 1 aromatic rings. The van der Waals surface area contributed by atoms with Crippen molar-refractivity contribution in [1.82, 2.24) is 0 Å². The molecule has 0 aromatic heterocycles. The van der Waals surface area contributed by atoms with Crippen LogP contribution < -0.4 is 0 Å². The molecule has 1 unspecified atom stereocenters. The van der Waals surface area contributed by atoms with E-state index in [0.717, 1.165) is 6.92 Å². The van der Waals surface area contributed by atoms with Crippen molar-refractivity contribution < 1.29 is 20.1 Å². The van der Waals surface area contributed by atoms with Gasteiger partial charge in [0.15, 0.2) is 5.60 Å². The van der Waals surface area contributed by atoms with Gasteiger partial charge in [-0.2, -0.15) is 0 Å². The number of para-hydroxylation sites is 1. The van der Waals surface area contributed by atoms with Crippen molar-refractivity contribution in [2.24, 2.45) is 0 Å². The molecule has 0 aliphatic heterocycles. The van der Waals surface area contributed by atoms with Gasteiger partial charge in [-0.1, -0.05) is 18.2 Å². The fourth-order valence-corrected chi connectivity index (χ4v) is 1.00. The van der Waals surface area contributed by atoms with Gasteiger partial charge in [0, 0.05) is 5.56 Å². The van der Waals surface area contributed by atoms with Crippen LogP contribution in [0.2, 0.25) is 0 Å². The first-order valence-corrected chi connectivity index (χ1v) is 3.70. The number of hydrogen-bond acceptors (Lipinski definition) is 3. The molecule has 70 valence electrons. The van der Waals surface area contributed by atoms with Gasteiger partial charge in [0.05, 0.1) is 0 Å². The van der Waals surface area contributed by atoms with Crippen molar-refractivity contribution in [2.75, 3.05) is 0 Å². The highest BCUT2D eigenvalue weighted by molar-refractivity contribution is 5.79. The summed E-state index contributed by atoms with van der Waals surface area (Å²) in [5, 5.41) is 27.4. The second kappa shape index (κ2) is 3.06. The molecule has 0 fully saturated rings. The maximum absolute atomic E-state index is 10.6. The smallest absolute Gasteiger partial charge is 0.340 e. The standard InChI is InChI=1S/C9H10O4/c1-9(13,8(11)12)6-4-2-3-5-7(6)10/h2-5,10,13H,1H3,(H,11,12). The van der Waals surface area contributed by atoms with Gasteiger partial charge in [-0.15, -0.1) is 0 Å². The van der Waals surface area contributed by atoms with E-state index in [1.54, 1.807) is 12.1 Å². The number of aliphatic carboxylic acids is 1. The van der Waals surface area contributed by atoms with E-state index in [1.807, 2.05) is 0 Å². The first kappa shape index (κ1) is 9.54. The molecule has 0 spiro atoms. The minimum Gasteiger partial charge on any atom is -0.508 e. The highest BCUT2D eigenvalue weighted by Gasteiger charge is 2.34. The predicted molar refractivity (Wildman–Crippen MR) is 45.3 cm³/mol. The van der Waals surface area contributed by atoms with Crippen LogP contribution in [0.4, 0.5) is 0 Å². The van der Waals surface area contributed by atoms with E-state index in [9.17, 15) is 15.0 Å². The lowest BCUT2D eigenvalue weighted by molar-refractivity contribution is -0.157. The number of rotatable bonds is 2. The van der Waals surface area contributed by atoms with Gasteiger partial charge in [0.25, 0.3) is 0 Å². The Morgan fingerprint density at radius 1 is 1.38 bits per heavy atom. The van der Waals surface area contributed by atoms with Crippen molar-refractivity contribution in [3.05, 3.63) is 29.8 Å². The highest BCUT2D eigenvalue weighted by atomic mass is 16.4. The number of carbonyl (C=O) groups is 1. The molecule has 1 atom stereocenters. The van der Waals surface area contributed by atoms with Crippen LogP contribution in [0.3, 0.4) is 0 Å². The van der Waals surface area contributed by atoms with Gasteiger partial charge in [0.1, 0.15) is 5.75 Å². The van der Waals surface area contributed by atoms with Crippen LogP contribution in [-0.2, 0) is 10.4 Å². The molecule has 3 N–H and O–H groups in total. The third kappa shape index (κ3) is 1.62. The maximum atomic E-state index is 10.6. The van der Waals surface area contributed by atoms with E-state index in [2.05, 4.69) is 0 Å². The zero-order valence-corrected chi connectivity index (χ0v) is 7.06. The van der Waals surface area contributed by atoms with Crippen molar-refractivity contribution in [3.63, 3.8) is 0 Å². The molecule has 1 rings (SSSR count). The molecule has 4 heteroatoms. The summed E-state index contributed by atoms with van der Waals surface area (Å²) in [7, 11) is 0. The van der Waals surface area contributed by atoms with Gasteiger partial charge < -0.3 is 15.3 Å². The topological polar surface area (TPSA) is 77.8 Å². The van der Waals surface area contributed by atoms with Gasteiger partial charge in [-0.3, -0.25) is 0 Å². The molecule has 0 bridgehead atoms. The summed E-state index contributed by atoms with van der Waals surface area (Å²) < 4.78 is 0. The zero-order valence-electron chi connectivity index (χ0n) is 7.06. The van der Waals surface area contributed by atoms with Crippen LogP contribution in [-0.4, -0.2) is 21.3 Å².